The van der Waals surface area contributed by atoms with Gasteiger partial charge in [0.15, 0.2) is 0 Å². The van der Waals surface area contributed by atoms with E-state index in [-0.39, 0.29) is 12.0 Å². The molecular weight excluding hydrogens is 300 g/mol. The summed E-state index contributed by atoms with van der Waals surface area (Å²) in [6, 6.07) is 8.06. The average Bonchev–Trinajstić information content (AvgIpc) is 2.56. The molecule has 0 unspecified atom stereocenters. The maximum atomic E-state index is 12.3. The lowest BCUT2D eigenvalue weighted by Gasteiger charge is -2.34. The summed E-state index contributed by atoms with van der Waals surface area (Å²) in [6.07, 6.45) is 2.15. The molecule has 1 heterocycles. The molecule has 0 radical (unpaired) electrons. The van der Waals surface area contributed by atoms with Crippen molar-refractivity contribution < 1.29 is 14.3 Å². The fraction of sp³-hybridized carbons (Fsp3) is 0.500. The molecule has 1 aliphatic heterocycles. The van der Waals surface area contributed by atoms with Crippen molar-refractivity contribution >= 4 is 23.8 Å². The largest absolute Gasteiger partial charge is 0.450 e. The normalized spacial score (nSPS) is 14.8. The van der Waals surface area contributed by atoms with Crippen molar-refractivity contribution in [2.75, 3.05) is 39.0 Å². The lowest BCUT2D eigenvalue weighted by molar-refractivity contribution is -0.132. The SMILES string of the molecule is CCOC(=O)N1CCN(C(=O)Cc2ccc(SC)cc2)CC1. The molecule has 22 heavy (non-hydrogen) atoms. The molecule has 120 valence electrons. The van der Waals surface area contributed by atoms with E-state index in [0.29, 0.717) is 39.2 Å². The third kappa shape index (κ3) is 4.40. The minimum absolute atomic E-state index is 0.111. The molecule has 0 aliphatic carbocycles. The molecule has 0 aromatic heterocycles. The van der Waals surface area contributed by atoms with E-state index in [2.05, 4.69) is 0 Å². The van der Waals surface area contributed by atoms with Crippen LogP contribution in [0, 0.1) is 0 Å². The van der Waals surface area contributed by atoms with Crippen molar-refractivity contribution in [3.63, 3.8) is 0 Å². The molecule has 2 rings (SSSR count). The second kappa shape index (κ2) is 8.08. The Morgan fingerprint density at radius 3 is 2.23 bits per heavy atom. The van der Waals surface area contributed by atoms with Gasteiger partial charge in [-0.2, -0.15) is 0 Å². The Morgan fingerprint density at radius 2 is 1.68 bits per heavy atom. The standard InChI is InChI=1S/C16H22N2O3S/c1-3-21-16(20)18-10-8-17(9-11-18)15(19)12-13-4-6-14(22-2)7-5-13/h4-7H,3,8-12H2,1-2H3. The van der Waals surface area contributed by atoms with Crippen LogP contribution in [-0.2, 0) is 16.0 Å². The van der Waals surface area contributed by atoms with E-state index in [1.807, 2.05) is 35.4 Å². The van der Waals surface area contributed by atoms with E-state index in [1.54, 1.807) is 23.6 Å². The fourth-order valence-electron chi connectivity index (χ4n) is 2.38. The van der Waals surface area contributed by atoms with Gasteiger partial charge < -0.3 is 14.5 Å². The first-order valence-electron chi connectivity index (χ1n) is 7.46. The number of nitrogens with zero attached hydrogens (tertiary/aromatic N) is 2. The minimum atomic E-state index is -0.290. The van der Waals surface area contributed by atoms with Gasteiger partial charge in [-0.3, -0.25) is 4.79 Å². The molecule has 1 fully saturated rings. The van der Waals surface area contributed by atoms with Crippen LogP contribution in [0.1, 0.15) is 12.5 Å². The summed E-state index contributed by atoms with van der Waals surface area (Å²) >= 11 is 1.69. The minimum Gasteiger partial charge on any atom is -0.450 e. The molecule has 0 spiro atoms. The second-order valence-corrected chi connectivity index (χ2v) is 5.97. The Balaban J connectivity index is 1.83. The van der Waals surface area contributed by atoms with Crippen LogP contribution in [0.25, 0.3) is 0 Å². The summed E-state index contributed by atoms with van der Waals surface area (Å²) in [5.41, 5.74) is 1.02. The monoisotopic (exact) mass is 322 g/mol. The first-order valence-corrected chi connectivity index (χ1v) is 8.69. The van der Waals surface area contributed by atoms with Crippen LogP contribution < -0.4 is 0 Å². The molecule has 0 saturated carbocycles. The zero-order valence-corrected chi connectivity index (χ0v) is 13.9. The van der Waals surface area contributed by atoms with Crippen LogP contribution >= 0.6 is 11.8 Å². The highest BCUT2D eigenvalue weighted by Gasteiger charge is 2.24. The first-order chi connectivity index (χ1) is 10.6. The Morgan fingerprint density at radius 1 is 1.09 bits per heavy atom. The Bertz CT molecular complexity index is 511. The Kier molecular flexibility index (Phi) is 6.12. The van der Waals surface area contributed by atoms with Gasteiger partial charge in [0.25, 0.3) is 0 Å². The number of rotatable bonds is 4. The smallest absolute Gasteiger partial charge is 0.409 e. The lowest BCUT2D eigenvalue weighted by Crippen LogP contribution is -2.51. The third-order valence-electron chi connectivity index (χ3n) is 3.67. The van der Waals surface area contributed by atoms with E-state index in [9.17, 15) is 9.59 Å². The number of carbonyl (C=O) groups is 2. The van der Waals surface area contributed by atoms with E-state index in [1.165, 1.54) is 4.90 Å². The van der Waals surface area contributed by atoms with Crippen molar-refractivity contribution in [2.24, 2.45) is 0 Å². The molecular formula is C16H22N2O3S. The van der Waals surface area contributed by atoms with E-state index < -0.39 is 0 Å². The number of piperazine rings is 1. The van der Waals surface area contributed by atoms with Crippen molar-refractivity contribution in [3.05, 3.63) is 29.8 Å². The molecule has 1 saturated heterocycles. The summed E-state index contributed by atoms with van der Waals surface area (Å²) in [7, 11) is 0. The average molecular weight is 322 g/mol. The van der Waals surface area contributed by atoms with Gasteiger partial charge in [-0.05, 0) is 30.9 Å². The number of hydrogen-bond donors (Lipinski definition) is 0. The third-order valence-corrected chi connectivity index (χ3v) is 4.42. The zero-order chi connectivity index (χ0) is 15.9. The molecule has 1 aromatic rings. The van der Waals surface area contributed by atoms with E-state index in [0.717, 1.165) is 5.56 Å². The van der Waals surface area contributed by atoms with Crippen LogP contribution in [0.15, 0.2) is 29.2 Å². The van der Waals surface area contributed by atoms with Gasteiger partial charge in [0.1, 0.15) is 0 Å². The van der Waals surface area contributed by atoms with Gasteiger partial charge in [-0.15, -0.1) is 11.8 Å². The zero-order valence-electron chi connectivity index (χ0n) is 13.1. The van der Waals surface area contributed by atoms with Gasteiger partial charge >= 0.3 is 6.09 Å². The Hall–Kier alpha value is -1.69. The number of ether oxygens (including phenoxy) is 1. The molecule has 1 aliphatic rings. The van der Waals surface area contributed by atoms with E-state index >= 15 is 0 Å². The highest BCUT2D eigenvalue weighted by molar-refractivity contribution is 7.98. The van der Waals surface area contributed by atoms with Gasteiger partial charge in [-0.25, -0.2) is 4.79 Å². The number of hydrogen-bond acceptors (Lipinski definition) is 4. The summed E-state index contributed by atoms with van der Waals surface area (Å²) in [4.78, 5) is 28.6. The maximum absolute atomic E-state index is 12.3. The number of carbonyl (C=O) groups excluding carboxylic acids is 2. The van der Waals surface area contributed by atoms with E-state index in [4.69, 9.17) is 4.74 Å². The van der Waals surface area contributed by atoms with Crippen LogP contribution in [0.3, 0.4) is 0 Å². The molecule has 6 heteroatoms. The molecule has 2 amide bonds. The number of amides is 2. The van der Waals surface area contributed by atoms with Gasteiger partial charge in [0.2, 0.25) is 5.91 Å². The van der Waals surface area contributed by atoms with Crippen LogP contribution in [0.2, 0.25) is 0 Å². The molecule has 5 nitrogen and oxygen atoms in total. The summed E-state index contributed by atoms with van der Waals surface area (Å²) in [5.74, 6) is 0.111. The number of thioether (sulfide) groups is 1. The second-order valence-electron chi connectivity index (χ2n) is 5.09. The molecule has 0 bridgehead atoms. The summed E-state index contributed by atoms with van der Waals surface area (Å²) in [6.45, 7) is 4.39. The topological polar surface area (TPSA) is 49.9 Å². The predicted octanol–water partition coefficient (Wildman–Crippen LogP) is 2.25. The molecule has 0 atom stereocenters. The highest BCUT2D eigenvalue weighted by Crippen LogP contribution is 2.16. The van der Waals surface area contributed by atoms with Crippen molar-refractivity contribution in [1.82, 2.24) is 9.80 Å². The van der Waals surface area contributed by atoms with Crippen LogP contribution in [-0.4, -0.2) is 60.8 Å². The van der Waals surface area contributed by atoms with Gasteiger partial charge in [0, 0.05) is 31.1 Å². The Labute approximate surface area is 135 Å². The summed E-state index contributed by atoms with van der Waals surface area (Å²) in [5, 5.41) is 0. The number of benzene rings is 1. The van der Waals surface area contributed by atoms with Gasteiger partial charge in [0.05, 0.1) is 13.0 Å². The highest BCUT2D eigenvalue weighted by atomic mass is 32.2. The quantitative estimate of drug-likeness (QED) is 0.798. The fourth-order valence-corrected chi connectivity index (χ4v) is 2.79. The van der Waals surface area contributed by atoms with Crippen molar-refractivity contribution in [3.8, 4) is 0 Å². The molecule has 1 aromatic carbocycles. The van der Waals surface area contributed by atoms with Crippen LogP contribution in [0.5, 0.6) is 0 Å². The predicted molar refractivity (Wildman–Crippen MR) is 87.1 cm³/mol. The first kappa shape index (κ1) is 16.7. The van der Waals surface area contributed by atoms with Gasteiger partial charge in [-0.1, -0.05) is 12.1 Å². The van der Waals surface area contributed by atoms with Crippen molar-refractivity contribution in [2.45, 2.75) is 18.2 Å². The van der Waals surface area contributed by atoms with Crippen LogP contribution in [0.4, 0.5) is 4.79 Å². The lowest BCUT2D eigenvalue weighted by atomic mass is 10.1. The molecule has 0 N–H and O–H groups in total. The summed E-state index contributed by atoms with van der Waals surface area (Å²) < 4.78 is 4.98. The maximum Gasteiger partial charge on any atom is 0.409 e. The van der Waals surface area contributed by atoms with Crippen molar-refractivity contribution in [1.29, 1.82) is 0 Å².